The quantitative estimate of drug-likeness (QED) is 0.760. The number of nitrogens with one attached hydrogen (secondary N) is 1. The molecule has 0 aromatic carbocycles. The second-order valence-corrected chi connectivity index (χ2v) is 6.79. The summed E-state index contributed by atoms with van der Waals surface area (Å²) in [7, 11) is 0. The molecule has 7 nitrogen and oxygen atoms in total. The molecule has 134 valence electrons. The first-order chi connectivity index (χ1) is 11.7. The number of hydrogen-bond acceptors (Lipinski definition) is 7. The van der Waals surface area contributed by atoms with Crippen molar-refractivity contribution >= 4 is 5.82 Å². The van der Waals surface area contributed by atoms with E-state index in [2.05, 4.69) is 25.3 Å². The van der Waals surface area contributed by atoms with Crippen molar-refractivity contribution in [2.75, 3.05) is 57.4 Å². The minimum absolute atomic E-state index is 0.336. The van der Waals surface area contributed by atoms with Crippen LogP contribution in [0.1, 0.15) is 18.5 Å². The fraction of sp³-hybridized carbons (Fsp3) is 0.765. The minimum atomic E-state index is -0.336. The first-order valence-electron chi connectivity index (χ1n) is 8.97. The van der Waals surface area contributed by atoms with Gasteiger partial charge in [-0.3, -0.25) is 4.90 Å². The molecule has 1 aromatic heterocycles. The highest BCUT2D eigenvalue weighted by Crippen LogP contribution is 2.17. The van der Waals surface area contributed by atoms with E-state index in [1.54, 1.807) is 0 Å². The van der Waals surface area contributed by atoms with Crippen LogP contribution in [0.2, 0.25) is 0 Å². The largest absolute Gasteiger partial charge is 0.390 e. The van der Waals surface area contributed by atoms with E-state index in [-0.39, 0.29) is 6.10 Å². The van der Waals surface area contributed by atoms with E-state index < -0.39 is 0 Å². The Labute approximate surface area is 144 Å². The molecule has 3 heterocycles. The van der Waals surface area contributed by atoms with Gasteiger partial charge < -0.3 is 20.1 Å². The van der Waals surface area contributed by atoms with E-state index in [0.717, 1.165) is 70.3 Å². The monoisotopic (exact) mass is 335 g/mol. The summed E-state index contributed by atoms with van der Waals surface area (Å²) in [6, 6.07) is 4.44. The number of aliphatic hydroxyl groups is 1. The van der Waals surface area contributed by atoms with Crippen molar-refractivity contribution in [1.82, 2.24) is 20.4 Å². The maximum atomic E-state index is 10.3. The maximum absolute atomic E-state index is 10.3. The number of piperidine rings is 1. The molecule has 2 saturated heterocycles. The fourth-order valence-corrected chi connectivity index (χ4v) is 3.36. The molecule has 0 amide bonds. The van der Waals surface area contributed by atoms with Crippen molar-refractivity contribution < 1.29 is 9.84 Å². The highest BCUT2D eigenvalue weighted by atomic mass is 16.5. The van der Waals surface area contributed by atoms with Gasteiger partial charge in [-0.15, -0.1) is 5.10 Å². The first-order valence-corrected chi connectivity index (χ1v) is 8.97. The molecule has 1 aromatic rings. The molecule has 2 aliphatic rings. The molecule has 2 atom stereocenters. The van der Waals surface area contributed by atoms with Gasteiger partial charge in [-0.1, -0.05) is 0 Å². The van der Waals surface area contributed by atoms with Gasteiger partial charge in [0.2, 0.25) is 0 Å². The molecule has 0 unspecified atom stereocenters. The van der Waals surface area contributed by atoms with Gasteiger partial charge >= 0.3 is 0 Å². The summed E-state index contributed by atoms with van der Waals surface area (Å²) < 4.78 is 5.34. The zero-order chi connectivity index (χ0) is 16.8. The molecule has 2 aliphatic heterocycles. The normalized spacial score (nSPS) is 24.1. The number of rotatable bonds is 6. The van der Waals surface area contributed by atoms with Gasteiger partial charge in [0.05, 0.1) is 25.0 Å². The molecule has 2 N–H and O–H groups in total. The van der Waals surface area contributed by atoms with E-state index in [1.165, 1.54) is 0 Å². The lowest BCUT2D eigenvalue weighted by molar-refractivity contribution is 0.0144. The van der Waals surface area contributed by atoms with Crippen LogP contribution in [0.25, 0.3) is 0 Å². The van der Waals surface area contributed by atoms with Crippen LogP contribution in [0.15, 0.2) is 12.1 Å². The molecule has 0 radical (unpaired) electrons. The number of aromatic nitrogens is 2. The molecule has 24 heavy (non-hydrogen) atoms. The summed E-state index contributed by atoms with van der Waals surface area (Å²) >= 11 is 0. The number of ether oxygens (including phenoxy) is 1. The van der Waals surface area contributed by atoms with E-state index in [1.807, 2.05) is 19.1 Å². The van der Waals surface area contributed by atoms with Crippen molar-refractivity contribution in [3.05, 3.63) is 17.8 Å². The van der Waals surface area contributed by atoms with Gasteiger partial charge in [-0.05, 0) is 31.9 Å². The summed E-state index contributed by atoms with van der Waals surface area (Å²) in [5, 5.41) is 22.2. The van der Waals surface area contributed by atoms with Crippen LogP contribution in [0.5, 0.6) is 0 Å². The molecular formula is C17H29N5O2. The first kappa shape index (κ1) is 17.5. The second-order valence-electron chi connectivity index (χ2n) is 6.79. The molecule has 3 rings (SSSR count). The number of anilines is 1. The summed E-state index contributed by atoms with van der Waals surface area (Å²) in [4.78, 5) is 4.55. The molecule has 0 aliphatic carbocycles. The van der Waals surface area contributed by atoms with Crippen LogP contribution < -0.4 is 10.2 Å². The van der Waals surface area contributed by atoms with Gasteiger partial charge in [0.15, 0.2) is 5.82 Å². The highest BCUT2D eigenvalue weighted by molar-refractivity contribution is 5.38. The SMILES string of the molecule is Cc1ccc(N2CCC[C@H](NC[C@H](O)CN3CCOCC3)C2)nn1. The summed E-state index contributed by atoms with van der Waals surface area (Å²) in [6.45, 7) is 8.62. The number of morpholine rings is 1. The van der Waals surface area contributed by atoms with Crippen LogP contribution in [0, 0.1) is 6.92 Å². The zero-order valence-corrected chi connectivity index (χ0v) is 14.5. The van der Waals surface area contributed by atoms with E-state index in [4.69, 9.17) is 4.74 Å². The Morgan fingerprint density at radius 2 is 2.12 bits per heavy atom. The van der Waals surface area contributed by atoms with Crippen molar-refractivity contribution in [3.8, 4) is 0 Å². The highest BCUT2D eigenvalue weighted by Gasteiger charge is 2.22. The molecular weight excluding hydrogens is 306 g/mol. The average Bonchev–Trinajstić information content (AvgIpc) is 2.62. The third-order valence-electron chi connectivity index (χ3n) is 4.74. The standard InChI is InChI=1S/C17H29N5O2/c1-14-4-5-17(20-19-14)22-6-2-3-15(12-22)18-11-16(23)13-21-7-9-24-10-8-21/h4-5,15-16,18,23H,2-3,6-13H2,1H3/t15-,16-/m0/s1. The van der Waals surface area contributed by atoms with Gasteiger partial charge in [-0.25, -0.2) is 0 Å². The number of β-amino-alcohol motifs (C(OH)–C–C–N with tert-alkyl or cyclic N) is 1. The topological polar surface area (TPSA) is 73.8 Å². The lowest BCUT2D eigenvalue weighted by atomic mass is 10.1. The van der Waals surface area contributed by atoms with E-state index in [9.17, 15) is 5.11 Å². The molecule has 0 bridgehead atoms. The number of nitrogens with zero attached hydrogens (tertiary/aromatic N) is 4. The van der Waals surface area contributed by atoms with Gasteiger partial charge in [0.1, 0.15) is 0 Å². The lowest BCUT2D eigenvalue weighted by Crippen LogP contribution is -2.50. The predicted octanol–water partition coefficient (Wildman–Crippen LogP) is 0.0365. The van der Waals surface area contributed by atoms with E-state index in [0.29, 0.717) is 12.6 Å². The Balaban J connectivity index is 1.42. The number of hydrogen-bond donors (Lipinski definition) is 2. The number of aryl methyl sites for hydroxylation is 1. The van der Waals surface area contributed by atoms with Crippen molar-refractivity contribution in [2.24, 2.45) is 0 Å². The van der Waals surface area contributed by atoms with Crippen molar-refractivity contribution in [1.29, 1.82) is 0 Å². The molecule has 2 fully saturated rings. The van der Waals surface area contributed by atoms with E-state index >= 15 is 0 Å². The Hall–Kier alpha value is -1.28. The van der Waals surface area contributed by atoms with Gasteiger partial charge in [-0.2, -0.15) is 5.10 Å². The smallest absolute Gasteiger partial charge is 0.151 e. The Bertz CT molecular complexity index is 492. The molecule has 0 spiro atoms. The van der Waals surface area contributed by atoms with Crippen LogP contribution in [0.3, 0.4) is 0 Å². The van der Waals surface area contributed by atoms with Crippen molar-refractivity contribution in [2.45, 2.75) is 31.9 Å². The summed E-state index contributed by atoms with van der Waals surface area (Å²) in [5.41, 5.74) is 0.941. The lowest BCUT2D eigenvalue weighted by Gasteiger charge is -2.34. The minimum Gasteiger partial charge on any atom is -0.390 e. The van der Waals surface area contributed by atoms with Gasteiger partial charge in [0.25, 0.3) is 0 Å². The second kappa shape index (κ2) is 8.71. The van der Waals surface area contributed by atoms with Gasteiger partial charge in [0, 0.05) is 45.3 Å². The van der Waals surface area contributed by atoms with Crippen molar-refractivity contribution in [3.63, 3.8) is 0 Å². The average molecular weight is 335 g/mol. The predicted molar refractivity (Wildman–Crippen MR) is 93.3 cm³/mol. The Morgan fingerprint density at radius 1 is 1.29 bits per heavy atom. The summed E-state index contributed by atoms with van der Waals surface area (Å²) in [5.74, 6) is 0.945. The summed E-state index contributed by atoms with van der Waals surface area (Å²) in [6.07, 6.45) is 1.94. The maximum Gasteiger partial charge on any atom is 0.151 e. The van der Waals surface area contributed by atoms with Crippen LogP contribution >= 0.6 is 0 Å². The van der Waals surface area contributed by atoms with Crippen LogP contribution in [0.4, 0.5) is 5.82 Å². The third kappa shape index (κ3) is 5.11. The Kier molecular flexibility index (Phi) is 6.37. The molecule has 0 saturated carbocycles. The van der Waals surface area contributed by atoms with Crippen LogP contribution in [-0.2, 0) is 4.74 Å². The number of aliphatic hydroxyl groups excluding tert-OH is 1. The third-order valence-corrected chi connectivity index (χ3v) is 4.74. The molecule has 7 heteroatoms. The Morgan fingerprint density at radius 3 is 2.88 bits per heavy atom. The zero-order valence-electron chi connectivity index (χ0n) is 14.5. The fourth-order valence-electron chi connectivity index (χ4n) is 3.36. The van der Waals surface area contributed by atoms with Crippen LogP contribution in [-0.4, -0.2) is 84.8 Å².